The van der Waals surface area contributed by atoms with Gasteiger partial charge in [0, 0.05) is 12.3 Å². The predicted octanol–water partition coefficient (Wildman–Crippen LogP) is 3.32. The zero-order chi connectivity index (χ0) is 11.6. The lowest BCUT2D eigenvalue weighted by molar-refractivity contribution is -0.0243. The summed E-state index contributed by atoms with van der Waals surface area (Å²) in [6.07, 6.45) is 4.00. The molecule has 0 amide bonds. The Morgan fingerprint density at radius 1 is 1.25 bits per heavy atom. The van der Waals surface area contributed by atoms with Crippen LogP contribution in [-0.2, 0) is 10.3 Å². The smallest absolute Gasteiger partial charge is 0.0875 e. The molecule has 0 aliphatic heterocycles. The van der Waals surface area contributed by atoms with Crippen molar-refractivity contribution in [3.63, 3.8) is 0 Å². The van der Waals surface area contributed by atoms with E-state index in [1.807, 2.05) is 24.3 Å². The lowest BCUT2D eigenvalue weighted by atomic mass is 9.98. The topological polar surface area (TPSA) is 35.2 Å². The number of rotatable bonds is 5. The van der Waals surface area contributed by atoms with Crippen molar-refractivity contribution in [2.24, 2.45) is 5.92 Å². The van der Waals surface area contributed by atoms with Crippen molar-refractivity contribution in [2.45, 2.75) is 38.7 Å². The minimum atomic E-state index is -0.206. The Morgan fingerprint density at radius 2 is 1.88 bits per heavy atom. The van der Waals surface area contributed by atoms with E-state index in [9.17, 15) is 0 Å². The van der Waals surface area contributed by atoms with Gasteiger partial charge in [-0.1, -0.05) is 25.0 Å². The van der Waals surface area contributed by atoms with Crippen LogP contribution in [0, 0.1) is 5.92 Å². The first-order valence-electron chi connectivity index (χ1n) is 6.08. The molecule has 1 aliphatic carbocycles. The maximum atomic E-state index is 5.97. The van der Waals surface area contributed by atoms with E-state index < -0.39 is 0 Å². The Kier molecular flexibility index (Phi) is 3.20. The molecule has 2 nitrogen and oxygen atoms in total. The molecule has 0 bridgehead atoms. The largest absolute Gasteiger partial charge is 0.399 e. The summed E-state index contributed by atoms with van der Waals surface area (Å²) in [5.41, 5.74) is 7.47. The van der Waals surface area contributed by atoms with Gasteiger partial charge >= 0.3 is 0 Å². The van der Waals surface area contributed by atoms with Crippen LogP contribution in [0.15, 0.2) is 24.3 Å². The summed E-state index contributed by atoms with van der Waals surface area (Å²) in [7, 11) is 0. The first-order chi connectivity index (χ1) is 7.58. The van der Waals surface area contributed by atoms with E-state index in [0.29, 0.717) is 0 Å². The Balaban J connectivity index is 1.91. The average molecular weight is 219 g/mol. The number of ether oxygens (including phenoxy) is 1. The molecule has 0 atom stereocenters. The number of benzene rings is 1. The van der Waals surface area contributed by atoms with Gasteiger partial charge in [0.05, 0.1) is 5.60 Å². The summed E-state index contributed by atoms with van der Waals surface area (Å²) in [5.74, 6) is 0.933. The van der Waals surface area contributed by atoms with Crippen molar-refractivity contribution >= 4 is 5.69 Å². The maximum absolute atomic E-state index is 5.97. The quantitative estimate of drug-likeness (QED) is 0.771. The second kappa shape index (κ2) is 4.46. The van der Waals surface area contributed by atoms with Crippen LogP contribution in [-0.4, -0.2) is 6.61 Å². The van der Waals surface area contributed by atoms with Crippen molar-refractivity contribution in [3.8, 4) is 0 Å². The van der Waals surface area contributed by atoms with Crippen LogP contribution < -0.4 is 5.73 Å². The molecule has 0 saturated heterocycles. The molecule has 0 aromatic heterocycles. The molecule has 2 heteroatoms. The highest BCUT2D eigenvalue weighted by atomic mass is 16.5. The van der Waals surface area contributed by atoms with Crippen LogP contribution in [0.25, 0.3) is 0 Å². The third-order valence-electron chi connectivity index (χ3n) is 3.29. The van der Waals surface area contributed by atoms with Crippen molar-refractivity contribution < 1.29 is 4.74 Å². The maximum Gasteiger partial charge on any atom is 0.0875 e. The van der Waals surface area contributed by atoms with Crippen LogP contribution in [0.1, 0.15) is 38.7 Å². The Hall–Kier alpha value is -1.02. The normalized spacial score (nSPS) is 16.4. The Morgan fingerprint density at radius 3 is 2.44 bits per heavy atom. The predicted molar refractivity (Wildman–Crippen MR) is 67.2 cm³/mol. The lowest BCUT2D eigenvalue weighted by Crippen LogP contribution is -2.22. The van der Waals surface area contributed by atoms with Gasteiger partial charge in [0.25, 0.3) is 0 Å². The zero-order valence-corrected chi connectivity index (χ0v) is 10.2. The molecule has 2 N–H and O–H groups in total. The van der Waals surface area contributed by atoms with Gasteiger partial charge in [0.15, 0.2) is 0 Å². The molecule has 16 heavy (non-hydrogen) atoms. The van der Waals surface area contributed by atoms with E-state index in [2.05, 4.69) is 13.8 Å². The van der Waals surface area contributed by atoms with E-state index in [1.165, 1.54) is 24.8 Å². The summed E-state index contributed by atoms with van der Waals surface area (Å²) < 4.78 is 5.97. The number of anilines is 1. The number of nitrogens with two attached hydrogens (primary N) is 1. The monoisotopic (exact) mass is 219 g/mol. The van der Waals surface area contributed by atoms with E-state index >= 15 is 0 Å². The summed E-state index contributed by atoms with van der Waals surface area (Å²) in [5, 5.41) is 0. The average Bonchev–Trinajstić information content (AvgIpc) is 3.02. The van der Waals surface area contributed by atoms with Gasteiger partial charge in [-0.05, 0) is 43.9 Å². The van der Waals surface area contributed by atoms with Crippen molar-refractivity contribution in [2.75, 3.05) is 12.3 Å². The molecule has 0 spiro atoms. The van der Waals surface area contributed by atoms with Gasteiger partial charge < -0.3 is 10.5 Å². The number of nitrogen functional groups attached to an aromatic ring is 1. The molecule has 1 aliphatic rings. The van der Waals surface area contributed by atoms with E-state index in [-0.39, 0.29) is 5.60 Å². The molecule has 0 heterocycles. The molecular formula is C14H21NO. The third-order valence-corrected chi connectivity index (χ3v) is 3.29. The molecule has 88 valence electrons. The second-order valence-electron chi connectivity index (χ2n) is 5.21. The highest BCUT2D eigenvalue weighted by molar-refractivity contribution is 5.40. The van der Waals surface area contributed by atoms with Crippen LogP contribution in [0.5, 0.6) is 0 Å². The highest BCUT2D eigenvalue weighted by Crippen LogP contribution is 2.33. The van der Waals surface area contributed by atoms with Gasteiger partial charge in [-0.15, -0.1) is 0 Å². The number of hydrogen-bond acceptors (Lipinski definition) is 2. The fourth-order valence-electron chi connectivity index (χ4n) is 1.86. The summed E-state index contributed by atoms with van der Waals surface area (Å²) >= 11 is 0. The molecule has 2 rings (SSSR count). The van der Waals surface area contributed by atoms with Crippen LogP contribution in [0.2, 0.25) is 0 Å². The molecule has 1 saturated carbocycles. The van der Waals surface area contributed by atoms with Crippen molar-refractivity contribution in [1.29, 1.82) is 0 Å². The highest BCUT2D eigenvalue weighted by Gasteiger charge is 2.24. The van der Waals surface area contributed by atoms with Gasteiger partial charge in [-0.3, -0.25) is 0 Å². The van der Waals surface area contributed by atoms with Crippen LogP contribution >= 0.6 is 0 Å². The SMILES string of the molecule is CC(C)(OCCC1CC1)c1ccc(N)cc1. The molecule has 1 fully saturated rings. The molecule has 1 aromatic carbocycles. The van der Waals surface area contributed by atoms with Gasteiger partial charge in [0.1, 0.15) is 0 Å². The van der Waals surface area contributed by atoms with Crippen LogP contribution in [0.4, 0.5) is 5.69 Å². The van der Waals surface area contributed by atoms with Gasteiger partial charge in [0.2, 0.25) is 0 Å². The standard InChI is InChI=1S/C14H21NO/c1-14(2,16-10-9-11-3-4-11)12-5-7-13(15)8-6-12/h5-8,11H,3-4,9-10,15H2,1-2H3. The van der Waals surface area contributed by atoms with Crippen LogP contribution in [0.3, 0.4) is 0 Å². The molecule has 1 aromatic rings. The van der Waals surface area contributed by atoms with Gasteiger partial charge in [-0.25, -0.2) is 0 Å². The van der Waals surface area contributed by atoms with Crippen molar-refractivity contribution in [1.82, 2.24) is 0 Å². The summed E-state index contributed by atoms with van der Waals surface area (Å²) in [4.78, 5) is 0. The van der Waals surface area contributed by atoms with E-state index in [1.54, 1.807) is 0 Å². The lowest BCUT2D eigenvalue weighted by Gasteiger charge is -2.26. The zero-order valence-electron chi connectivity index (χ0n) is 10.2. The fourth-order valence-corrected chi connectivity index (χ4v) is 1.86. The fraction of sp³-hybridized carbons (Fsp3) is 0.571. The van der Waals surface area contributed by atoms with E-state index in [0.717, 1.165) is 18.2 Å². The minimum Gasteiger partial charge on any atom is -0.399 e. The third kappa shape index (κ3) is 2.99. The minimum absolute atomic E-state index is 0.206. The van der Waals surface area contributed by atoms with Crippen molar-refractivity contribution in [3.05, 3.63) is 29.8 Å². The summed E-state index contributed by atoms with van der Waals surface area (Å²) in [6, 6.07) is 7.96. The second-order valence-corrected chi connectivity index (χ2v) is 5.21. The molecule has 0 unspecified atom stereocenters. The molecular weight excluding hydrogens is 198 g/mol. The van der Waals surface area contributed by atoms with E-state index in [4.69, 9.17) is 10.5 Å². The summed E-state index contributed by atoms with van der Waals surface area (Å²) in [6.45, 7) is 5.10. The number of hydrogen-bond donors (Lipinski definition) is 1. The van der Waals surface area contributed by atoms with Gasteiger partial charge in [-0.2, -0.15) is 0 Å². The molecule has 0 radical (unpaired) electrons. The first-order valence-corrected chi connectivity index (χ1v) is 6.08. The Bertz CT molecular complexity index is 338. The Labute approximate surface area is 97.8 Å². The first kappa shape index (κ1) is 11.5.